The summed E-state index contributed by atoms with van der Waals surface area (Å²) in [5.41, 5.74) is 1.55. The van der Waals surface area contributed by atoms with E-state index in [0.29, 0.717) is 39.6 Å². The Kier molecular flexibility index (Phi) is 7.07. The van der Waals surface area contributed by atoms with Crippen LogP contribution in [0.25, 0.3) is 0 Å². The number of halogens is 3. The molecular weight excluding hydrogens is 456 g/mol. The molecule has 1 saturated heterocycles. The predicted octanol–water partition coefficient (Wildman–Crippen LogP) is 4.89. The maximum absolute atomic E-state index is 13.8. The van der Waals surface area contributed by atoms with Crippen LogP contribution in [0.2, 0.25) is 10.0 Å². The first-order valence-electron chi connectivity index (χ1n) is 9.97. The number of anilines is 1. The molecule has 1 aliphatic heterocycles. The van der Waals surface area contributed by atoms with Gasteiger partial charge in [-0.05, 0) is 30.4 Å². The number of nitrogens with zero attached hydrogens (tertiary/aromatic N) is 4. The van der Waals surface area contributed by atoms with Gasteiger partial charge < -0.3 is 10.2 Å². The van der Waals surface area contributed by atoms with Crippen LogP contribution < -0.4 is 5.32 Å². The molecule has 0 spiro atoms. The van der Waals surface area contributed by atoms with Gasteiger partial charge in [0, 0.05) is 66.2 Å². The van der Waals surface area contributed by atoms with Crippen molar-refractivity contribution < 1.29 is 4.39 Å². The lowest BCUT2D eigenvalue weighted by Gasteiger charge is -2.36. The van der Waals surface area contributed by atoms with E-state index < -0.39 is 0 Å². The average molecular weight is 478 g/mol. The second-order valence-electron chi connectivity index (χ2n) is 7.38. The van der Waals surface area contributed by atoms with Crippen molar-refractivity contribution in [2.45, 2.75) is 13.1 Å². The predicted molar refractivity (Wildman–Crippen MR) is 127 cm³/mol. The first kappa shape index (κ1) is 22.0. The summed E-state index contributed by atoms with van der Waals surface area (Å²) in [7, 11) is 0. The molecular formula is C22H22Cl2FN5S. The lowest BCUT2D eigenvalue weighted by Crippen LogP contribution is -2.49. The molecule has 0 saturated carbocycles. The van der Waals surface area contributed by atoms with E-state index in [1.54, 1.807) is 16.8 Å². The summed E-state index contributed by atoms with van der Waals surface area (Å²) in [5.74, 6) is 0.408. The van der Waals surface area contributed by atoms with E-state index in [2.05, 4.69) is 20.2 Å². The van der Waals surface area contributed by atoms with Crippen molar-refractivity contribution in [3.8, 4) is 0 Å². The molecule has 2 heterocycles. The molecule has 162 valence electrons. The van der Waals surface area contributed by atoms with Crippen LogP contribution in [0.3, 0.4) is 0 Å². The normalized spacial score (nSPS) is 14.6. The first-order chi connectivity index (χ1) is 15.0. The largest absolute Gasteiger partial charge is 0.346 e. The number of rotatable bonds is 5. The number of hydrogen-bond acceptors (Lipinski definition) is 3. The molecule has 9 heteroatoms. The SMILES string of the molecule is Fc1ccccc1Cn1ccc(NC(=S)N2CCN(Cc3c(Cl)cccc3Cl)CC2)n1. The molecule has 1 fully saturated rings. The molecule has 3 aromatic rings. The lowest BCUT2D eigenvalue weighted by molar-refractivity contribution is 0.177. The van der Waals surface area contributed by atoms with E-state index in [0.717, 1.165) is 31.7 Å². The molecule has 31 heavy (non-hydrogen) atoms. The van der Waals surface area contributed by atoms with Crippen molar-refractivity contribution in [1.29, 1.82) is 0 Å². The highest BCUT2D eigenvalue weighted by Crippen LogP contribution is 2.26. The molecule has 0 bridgehead atoms. The van der Waals surface area contributed by atoms with Crippen LogP contribution in [-0.2, 0) is 13.1 Å². The van der Waals surface area contributed by atoms with E-state index in [1.165, 1.54) is 6.07 Å². The average Bonchev–Trinajstić information content (AvgIpc) is 3.20. The van der Waals surface area contributed by atoms with Gasteiger partial charge in [-0.15, -0.1) is 0 Å². The van der Waals surface area contributed by atoms with Gasteiger partial charge in [-0.1, -0.05) is 47.5 Å². The van der Waals surface area contributed by atoms with Crippen LogP contribution in [0, 0.1) is 5.82 Å². The third-order valence-corrected chi connectivity index (χ3v) is 6.34. The second kappa shape index (κ2) is 9.96. The van der Waals surface area contributed by atoms with Gasteiger partial charge in [-0.25, -0.2) is 4.39 Å². The van der Waals surface area contributed by atoms with Gasteiger partial charge in [0.15, 0.2) is 10.9 Å². The zero-order chi connectivity index (χ0) is 21.8. The van der Waals surface area contributed by atoms with Crippen molar-refractivity contribution in [2.24, 2.45) is 0 Å². The van der Waals surface area contributed by atoms with E-state index in [9.17, 15) is 4.39 Å². The third kappa shape index (κ3) is 5.54. The van der Waals surface area contributed by atoms with Gasteiger partial charge in [0.2, 0.25) is 0 Å². The summed E-state index contributed by atoms with van der Waals surface area (Å²) in [5, 5.41) is 9.66. The summed E-state index contributed by atoms with van der Waals surface area (Å²) >= 11 is 18.2. The fourth-order valence-electron chi connectivity index (χ4n) is 3.52. The smallest absolute Gasteiger partial charge is 0.174 e. The Bertz CT molecular complexity index is 1050. The molecule has 1 aliphatic rings. The Morgan fingerprint density at radius 1 is 0.968 bits per heavy atom. The minimum atomic E-state index is -0.237. The van der Waals surface area contributed by atoms with Crippen molar-refractivity contribution >= 4 is 46.4 Å². The minimum absolute atomic E-state index is 0.237. The van der Waals surface area contributed by atoms with Crippen molar-refractivity contribution in [3.63, 3.8) is 0 Å². The van der Waals surface area contributed by atoms with Crippen LogP contribution in [-0.4, -0.2) is 50.9 Å². The molecule has 4 rings (SSSR count). The fourth-order valence-corrected chi connectivity index (χ4v) is 4.33. The monoisotopic (exact) mass is 477 g/mol. The summed E-state index contributed by atoms with van der Waals surface area (Å²) in [4.78, 5) is 4.44. The first-order valence-corrected chi connectivity index (χ1v) is 11.1. The molecule has 2 aromatic carbocycles. The number of piperazine rings is 1. The number of hydrogen-bond donors (Lipinski definition) is 1. The van der Waals surface area contributed by atoms with E-state index >= 15 is 0 Å². The van der Waals surface area contributed by atoms with Crippen LogP contribution in [0.5, 0.6) is 0 Å². The van der Waals surface area contributed by atoms with Gasteiger partial charge >= 0.3 is 0 Å². The Morgan fingerprint density at radius 2 is 1.68 bits per heavy atom. The highest BCUT2D eigenvalue weighted by atomic mass is 35.5. The van der Waals surface area contributed by atoms with Crippen molar-refractivity contribution in [1.82, 2.24) is 19.6 Å². The molecule has 0 atom stereocenters. The third-order valence-electron chi connectivity index (χ3n) is 5.27. The number of nitrogens with one attached hydrogen (secondary N) is 1. The fraction of sp³-hybridized carbons (Fsp3) is 0.273. The van der Waals surface area contributed by atoms with Gasteiger partial charge in [0.1, 0.15) is 5.82 Å². The number of aromatic nitrogens is 2. The molecule has 1 aromatic heterocycles. The Hall–Kier alpha value is -2.19. The molecule has 0 aliphatic carbocycles. The molecule has 0 amide bonds. The topological polar surface area (TPSA) is 36.3 Å². The van der Waals surface area contributed by atoms with E-state index in [4.69, 9.17) is 35.4 Å². The molecule has 0 radical (unpaired) electrons. The van der Waals surface area contributed by atoms with E-state index in [-0.39, 0.29) is 5.82 Å². The van der Waals surface area contributed by atoms with Gasteiger partial charge in [0.05, 0.1) is 6.54 Å². The standard InChI is InChI=1S/C22H22Cl2FN5S/c23-18-5-3-6-19(24)17(18)15-28-10-12-29(13-11-28)22(31)26-21-8-9-30(27-21)14-16-4-1-2-7-20(16)25/h1-9H,10-15H2,(H,26,27,31). The second-order valence-corrected chi connectivity index (χ2v) is 8.58. The quantitative estimate of drug-likeness (QED) is 0.529. The highest BCUT2D eigenvalue weighted by Gasteiger charge is 2.21. The van der Waals surface area contributed by atoms with Crippen LogP contribution in [0.1, 0.15) is 11.1 Å². The molecule has 1 N–H and O–H groups in total. The van der Waals surface area contributed by atoms with Gasteiger partial charge in [-0.2, -0.15) is 5.10 Å². The Morgan fingerprint density at radius 3 is 2.39 bits per heavy atom. The Labute approximate surface area is 196 Å². The zero-order valence-corrected chi connectivity index (χ0v) is 19.1. The molecule has 0 unspecified atom stereocenters. The van der Waals surface area contributed by atoms with Gasteiger partial charge in [-0.3, -0.25) is 9.58 Å². The summed E-state index contributed by atoms with van der Waals surface area (Å²) in [6, 6.07) is 14.1. The Balaban J connectivity index is 1.29. The summed E-state index contributed by atoms with van der Waals surface area (Å²) in [6.07, 6.45) is 1.81. The van der Waals surface area contributed by atoms with Crippen molar-refractivity contribution in [3.05, 3.63) is 81.7 Å². The lowest BCUT2D eigenvalue weighted by atomic mass is 10.2. The minimum Gasteiger partial charge on any atom is -0.346 e. The maximum atomic E-state index is 13.8. The molecule has 5 nitrogen and oxygen atoms in total. The van der Waals surface area contributed by atoms with Gasteiger partial charge in [0.25, 0.3) is 0 Å². The highest BCUT2D eigenvalue weighted by molar-refractivity contribution is 7.80. The maximum Gasteiger partial charge on any atom is 0.174 e. The summed E-state index contributed by atoms with van der Waals surface area (Å²) < 4.78 is 15.5. The zero-order valence-electron chi connectivity index (χ0n) is 16.8. The summed E-state index contributed by atoms with van der Waals surface area (Å²) in [6.45, 7) is 4.38. The van der Waals surface area contributed by atoms with Crippen LogP contribution in [0.4, 0.5) is 10.2 Å². The van der Waals surface area contributed by atoms with Crippen LogP contribution >= 0.6 is 35.4 Å². The van der Waals surface area contributed by atoms with Crippen molar-refractivity contribution in [2.75, 3.05) is 31.5 Å². The number of benzene rings is 2. The van der Waals surface area contributed by atoms with Crippen LogP contribution in [0.15, 0.2) is 54.7 Å². The van der Waals surface area contributed by atoms with E-state index in [1.807, 2.05) is 36.5 Å². The number of thiocarbonyl (C=S) groups is 1.